The van der Waals surface area contributed by atoms with E-state index in [1.165, 1.54) is 11.3 Å². The molecule has 1 N–H and O–H groups in total. The van der Waals surface area contributed by atoms with E-state index in [0.717, 1.165) is 9.35 Å². The van der Waals surface area contributed by atoms with Gasteiger partial charge in [0.1, 0.15) is 4.21 Å². The lowest BCUT2D eigenvalue weighted by Crippen LogP contribution is -2.31. The molecule has 1 aromatic carbocycles. The van der Waals surface area contributed by atoms with E-state index in [9.17, 15) is 8.42 Å². The van der Waals surface area contributed by atoms with Gasteiger partial charge in [0.15, 0.2) is 0 Å². The first kappa shape index (κ1) is 17.0. The Bertz CT molecular complexity index is 711. The number of hydrogen-bond acceptors (Lipinski definition) is 3. The predicted octanol–water partition coefficient (Wildman–Crippen LogP) is 4.84. The molecule has 3 nitrogen and oxygen atoms in total. The second kappa shape index (κ2) is 6.79. The Hall–Kier alpha value is -0.400. The Kier molecular flexibility index (Phi) is 5.48. The van der Waals surface area contributed by atoms with Crippen molar-refractivity contribution in [1.29, 1.82) is 0 Å². The van der Waals surface area contributed by atoms with Crippen LogP contribution in [0.5, 0.6) is 0 Å². The van der Waals surface area contributed by atoms with E-state index in [2.05, 4.69) is 20.7 Å². The highest BCUT2D eigenvalue weighted by Crippen LogP contribution is 2.29. The highest BCUT2D eigenvalue weighted by Gasteiger charge is 2.25. The molecule has 0 aliphatic rings. The highest BCUT2D eigenvalue weighted by molar-refractivity contribution is 9.11. The van der Waals surface area contributed by atoms with E-state index in [-0.39, 0.29) is 12.0 Å². The summed E-state index contributed by atoms with van der Waals surface area (Å²) in [6.07, 6.45) is 0. The van der Waals surface area contributed by atoms with Crippen LogP contribution in [-0.4, -0.2) is 8.42 Å². The van der Waals surface area contributed by atoms with Crippen LogP contribution < -0.4 is 4.72 Å². The van der Waals surface area contributed by atoms with Gasteiger partial charge < -0.3 is 0 Å². The van der Waals surface area contributed by atoms with E-state index < -0.39 is 10.0 Å². The third kappa shape index (κ3) is 4.29. The smallest absolute Gasteiger partial charge is 0.206 e. The molecule has 0 aliphatic carbocycles. The topological polar surface area (TPSA) is 46.2 Å². The second-order valence-electron chi connectivity index (χ2n) is 4.95. The van der Waals surface area contributed by atoms with Crippen molar-refractivity contribution in [2.24, 2.45) is 5.92 Å². The monoisotopic (exact) mass is 407 g/mol. The maximum Gasteiger partial charge on any atom is 0.250 e. The third-order valence-corrected chi connectivity index (χ3v) is 6.80. The van der Waals surface area contributed by atoms with Crippen molar-refractivity contribution in [1.82, 2.24) is 4.72 Å². The first-order valence-electron chi connectivity index (χ1n) is 6.33. The minimum Gasteiger partial charge on any atom is -0.206 e. The molecule has 0 saturated heterocycles. The van der Waals surface area contributed by atoms with Crippen LogP contribution in [0.2, 0.25) is 5.02 Å². The molecule has 0 radical (unpaired) electrons. The molecule has 1 atom stereocenters. The second-order valence-corrected chi connectivity index (χ2v) is 9.79. The molecule has 0 saturated carbocycles. The zero-order valence-electron chi connectivity index (χ0n) is 11.5. The van der Waals surface area contributed by atoms with E-state index >= 15 is 0 Å². The Balaban J connectivity index is 2.30. The summed E-state index contributed by atoms with van der Waals surface area (Å²) in [4.78, 5) is 0. The van der Waals surface area contributed by atoms with Crippen LogP contribution in [0.4, 0.5) is 0 Å². The molecule has 114 valence electrons. The zero-order chi connectivity index (χ0) is 15.6. The number of halogens is 2. The van der Waals surface area contributed by atoms with Gasteiger partial charge in [0, 0.05) is 11.1 Å². The van der Waals surface area contributed by atoms with Gasteiger partial charge >= 0.3 is 0 Å². The normalized spacial score (nSPS) is 13.6. The molecule has 2 aromatic rings. The van der Waals surface area contributed by atoms with Crippen molar-refractivity contribution in [3.63, 3.8) is 0 Å². The van der Waals surface area contributed by atoms with Crippen LogP contribution in [0.15, 0.2) is 44.4 Å². The van der Waals surface area contributed by atoms with Crippen LogP contribution in [0.25, 0.3) is 0 Å². The zero-order valence-corrected chi connectivity index (χ0v) is 15.5. The van der Waals surface area contributed by atoms with Crippen LogP contribution in [0.3, 0.4) is 0 Å². The largest absolute Gasteiger partial charge is 0.250 e. The number of nitrogens with one attached hydrogen (secondary N) is 1. The fraction of sp³-hybridized carbons (Fsp3) is 0.286. The molecule has 1 aromatic heterocycles. The minimum atomic E-state index is -3.54. The molecule has 0 fully saturated rings. The minimum absolute atomic E-state index is 0.115. The first-order valence-corrected chi connectivity index (χ1v) is 9.80. The van der Waals surface area contributed by atoms with Crippen LogP contribution in [0, 0.1) is 5.92 Å². The summed E-state index contributed by atoms with van der Waals surface area (Å²) in [6, 6.07) is 10.3. The molecule has 0 amide bonds. The molecule has 21 heavy (non-hydrogen) atoms. The number of rotatable bonds is 5. The molecule has 0 aliphatic heterocycles. The van der Waals surface area contributed by atoms with Gasteiger partial charge in [-0.05, 0) is 51.7 Å². The summed E-state index contributed by atoms with van der Waals surface area (Å²) >= 11 is 10.4. The average Bonchev–Trinajstić information content (AvgIpc) is 2.84. The van der Waals surface area contributed by atoms with Crippen molar-refractivity contribution in [2.75, 3.05) is 0 Å². The molecule has 1 unspecified atom stereocenters. The lowest BCUT2D eigenvalue weighted by molar-refractivity contribution is 0.463. The van der Waals surface area contributed by atoms with Crippen LogP contribution in [-0.2, 0) is 10.0 Å². The van der Waals surface area contributed by atoms with Crippen LogP contribution in [0.1, 0.15) is 25.5 Å². The molecule has 0 spiro atoms. The van der Waals surface area contributed by atoms with Crippen molar-refractivity contribution in [3.8, 4) is 0 Å². The van der Waals surface area contributed by atoms with Crippen molar-refractivity contribution < 1.29 is 8.42 Å². The lowest BCUT2D eigenvalue weighted by atomic mass is 9.97. The number of sulfonamides is 1. The first-order chi connectivity index (χ1) is 9.79. The predicted molar refractivity (Wildman–Crippen MR) is 91.4 cm³/mol. The third-order valence-electron chi connectivity index (χ3n) is 2.99. The summed E-state index contributed by atoms with van der Waals surface area (Å²) in [5, 5.41) is 0.631. The maximum atomic E-state index is 12.5. The number of hydrogen-bond donors (Lipinski definition) is 1. The van der Waals surface area contributed by atoms with Crippen molar-refractivity contribution >= 4 is 48.9 Å². The van der Waals surface area contributed by atoms with Gasteiger partial charge in [-0.3, -0.25) is 0 Å². The van der Waals surface area contributed by atoms with E-state index in [1.807, 2.05) is 26.0 Å². The fourth-order valence-electron chi connectivity index (χ4n) is 1.93. The van der Waals surface area contributed by atoms with E-state index in [4.69, 9.17) is 11.6 Å². The quantitative estimate of drug-likeness (QED) is 0.769. The molecule has 2 rings (SSSR count). The fourth-order valence-corrected chi connectivity index (χ4v) is 5.45. The van der Waals surface area contributed by atoms with Gasteiger partial charge in [0.25, 0.3) is 10.0 Å². The average molecular weight is 409 g/mol. The maximum absolute atomic E-state index is 12.5. The number of benzene rings is 1. The summed E-state index contributed by atoms with van der Waals surface area (Å²) in [7, 11) is -3.54. The van der Waals surface area contributed by atoms with Gasteiger partial charge in [0.2, 0.25) is 0 Å². The van der Waals surface area contributed by atoms with Gasteiger partial charge in [-0.1, -0.05) is 37.6 Å². The van der Waals surface area contributed by atoms with Crippen molar-refractivity contribution in [2.45, 2.75) is 24.1 Å². The summed E-state index contributed by atoms with van der Waals surface area (Å²) in [5.74, 6) is 0.115. The van der Waals surface area contributed by atoms with E-state index in [1.54, 1.807) is 24.3 Å². The van der Waals surface area contributed by atoms with Crippen LogP contribution >= 0.6 is 38.9 Å². The van der Waals surface area contributed by atoms with Gasteiger partial charge in [-0.15, -0.1) is 11.3 Å². The van der Waals surface area contributed by atoms with E-state index in [0.29, 0.717) is 9.23 Å². The summed E-state index contributed by atoms with van der Waals surface area (Å²) in [5.41, 5.74) is 0.897. The Labute approximate surface area is 142 Å². The molecular weight excluding hydrogens is 394 g/mol. The Morgan fingerprint density at radius 1 is 1.14 bits per heavy atom. The number of thiophene rings is 1. The Morgan fingerprint density at radius 2 is 1.76 bits per heavy atom. The summed E-state index contributed by atoms with van der Waals surface area (Å²) < 4.78 is 28.8. The lowest BCUT2D eigenvalue weighted by Gasteiger charge is -2.22. The van der Waals surface area contributed by atoms with Gasteiger partial charge in [0.05, 0.1) is 3.79 Å². The molecular formula is C14H15BrClNO2S2. The molecule has 1 heterocycles. The molecule has 7 heteroatoms. The summed E-state index contributed by atoms with van der Waals surface area (Å²) in [6.45, 7) is 3.96. The Morgan fingerprint density at radius 3 is 2.24 bits per heavy atom. The van der Waals surface area contributed by atoms with Gasteiger partial charge in [-0.2, -0.15) is 0 Å². The highest BCUT2D eigenvalue weighted by atomic mass is 79.9. The van der Waals surface area contributed by atoms with Gasteiger partial charge in [-0.25, -0.2) is 13.1 Å². The van der Waals surface area contributed by atoms with Crippen molar-refractivity contribution in [3.05, 3.63) is 50.8 Å². The SMILES string of the molecule is CC(C)C(NS(=O)(=O)c1ccc(Br)s1)c1ccc(Cl)cc1. The molecule has 0 bridgehead atoms. The standard InChI is InChI=1S/C14H15BrClNO2S2/c1-9(2)14(10-3-5-11(16)6-4-10)17-21(18,19)13-8-7-12(15)20-13/h3-9,14,17H,1-2H3.